The van der Waals surface area contributed by atoms with E-state index in [4.69, 9.17) is 4.42 Å². The third-order valence-corrected chi connectivity index (χ3v) is 5.91. The normalized spacial score (nSPS) is 19.7. The second-order valence-corrected chi connectivity index (χ2v) is 8.01. The van der Waals surface area contributed by atoms with Crippen molar-refractivity contribution >= 4 is 5.91 Å². The molecule has 148 valence electrons. The molecule has 0 N–H and O–H groups in total. The van der Waals surface area contributed by atoms with Crippen LogP contribution in [0.15, 0.2) is 33.5 Å². The quantitative estimate of drug-likeness (QED) is 0.790. The van der Waals surface area contributed by atoms with Crippen LogP contribution in [0.5, 0.6) is 0 Å². The molecule has 0 bridgehead atoms. The highest BCUT2D eigenvalue weighted by molar-refractivity contribution is 5.95. The van der Waals surface area contributed by atoms with E-state index in [-0.39, 0.29) is 17.4 Å². The summed E-state index contributed by atoms with van der Waals surface area (Å²) in [6.07, 6.45) is 4.40. The number of aryl methyl sites for hydroxylation is 1. The second-order valence-electron chi connectivity index (χ2n) is 8.01. The van der Waals surface area contributed by atoms with Crippen LogP contribution in [0.25, 0.3) is 0 Å². The lowest BCUT2D eigenvalue weighted by Crippen LogP contribution is -2.33. The number of nitrogens with zero attached hydrogens (tertiary/aromatic N) is 1. The summed E-state index contributed by atoms with van der Waals surface area (Å²) in [5.74, 6) is -0.441. The van der Waals surface area contributed by atoms with Crippen LogP contribution in [-0.4, -0.2) is 23.9 Å². The summed E-state index contributed by atoms with van der Waals surface area (Å²) in [7, 11) is 0. The lowest BCUT2D eigenvalue weighted by molar-refractivity contribution is 0.0781. The highest BCUT2D eigenvalue weighted by Crippen LogP contribution is 2.36. The molecule has 4 nitrogen and oxygen atoms in total. The Morgan fingerprint density at radius 3 is 2.46 bits per heavy atom. The van der Waals surface area contributed by atoms with Crippen LogP contribution in [0, 0.1) is 24.5 Å². The summed E-state index contributed by atoms with van der Waals surface area (Å²) >= 11 is 0. The summed E-state index contributed by atoms with van der Waals surface area (Å²) in [5.41, 5.74) is 0.763. The van der Waals surface area contributed by atoms with Gasteiger partial charge in [0.05, 0.1) is 0 Å². The first-order valence-corrected chi connectivity index (χ1v) is 9.79. The Morgan fingerprint density at radius 1 is 1.14 bits per heavy atom. The number of rotatable bonds is 4. The molecule has 1 saturated heterocycles. The second kappa shape index (κ2) is 7.49. The Bertz CT molecular complexity index is 944. The van der Waals surface area contributed by atoms with Gasteiger partial charge < -0.3 is 9.32 Å². The highest BCUT2D eigenvalue weighted by Gasteiger charge is 2.31. The van der Waals surface area contributed by atoms with E-state index in [9.17, 15) is 18.4 Å². The van der Waals surface area contributed by atoms with Crippen molar-refractivity contribution in [3.8, 4) is 0 Å². The molecule has 2 aromatic rings. The van der Waals surface area contributed by atoms with Crippen molar-refractivity contribution in [1.82, 2.24) is 4.90 Å². The summed E-state index contributed by atoms with van der Waals surface area (Å²) in [4.78, 5) is 27.0. The van der Waals surface area contributed by atoms with E-state index in [1.165, 1.54) is 12.1 Å². The van der Waals surface area contributed by atoms with Crippen molar-refractivity contribution in [3.63, 3.8) is 0 Å². The van der Waals surface area contributed by atoms with E-state index < -0.39 is 17.3 Å². The Hall–Kier alpha value is -2.50. The maximum Gasteiger partial charge on any atom is 0.349 e. The zero-order chi connectivity index (χ0) is 19.8. The number of hydrogen-bond acceptors (Lipinski definition) is 3. The lowest BCUT2D eigenvalue weighted by atomic mass is 9.83. The van der Waals surface area contributed by atoms with Gasteiger partial charge in [-0.1, -0.05) is 6.42 Å². The maximum atomic E-state index is 13.4. The molecule has 1 aromatic carbocycles. The molecule has 1 aromatic heterocycles. The molecule has 4 rings (SSSR count). The van der Waals surface area contributed by atoms with Gasteiger partial charge in [0.2, 0.25) is 0 Å². The van der Waals surface area contributed by atoms with E-state index in [0.29, 0.717) is 42.3 Å². The van der Waals surface area contributed by atoms with Gasteiger partial charge in [0.25, 0.3) is 5.91 Å². The monoisotopic (exact) mass is 387 g/mol. The van der Waals surface area contributed by atoms with Crippen molar-refractivity contribution in [2.75, 3.05) is 13.1 Å². The number of amides is 1. The predicted molar refractivity (Wildman–Crippen MR) is 100 cm³/mol. The molecule has 1 amide bonds. The molecule has 1 aliphatic heterocycles. The van der Waals surface area contributed by atoms with Gasteiger partial charge in [0.15, 0.2) is 0 Å². The fraction of sp³-hybridized carbons (Fsp3) is 0.455. The lowest BCUT2D eigenvalue weighted by Gasteiger charge is -2.24. The van der Waals surface area contributed by atoms with Gasteiger partial charge in [-0.05, 0) is 67.9 Å². The van der Waals surface area contributed by atoms with Gasteiger partial charge >= 0.3 is 5.63 Å². The SMILES string of the molecule is Cc1cc(C2CCC2)oc(=O)c1C(=O)N1CCC(Cc2cc(F)cc(F)c2)C1. The zero-order valence-electron chi connectivity index (χ0n) is 15.8. The van der Waals surface area contributed by atoms with Crippen LogP contribution in [0.4, 0.5) is 8.78 Å². The molecule has 2 heterocycles. The van der Waals surface area contributed by atoms with Gasteiger partial charge in [-0.3, -0.25) is 4.79 Å². The van der Waals surface area contributed by atoms with Crippen LogP contribution in [0.1, 0.15) is 58.8 Å². The Labute approximate surface area is 162 Å². The van der Waals surface area contributed by atoms with Crippen LogP contribution >= 0.6 is 0 Å². The van der Waals surface area contributed by atoms with Gasteiger partial charge in [-0.25, -0.2) is 13.6 Å². The summed E-state index contributed by atoms with van der Waals surface area (Å²) in [6, 6.07) is 5.32. The Kier molecular flexibility index (Phi) is 5.04. The fourth-order valence-corrected chi connectivity index (χ4v) is 4.19. The largest absolute Gasteiger partial charge is 0.427 e. The first-order chi connectivity index (χ1) is 13.4. The fourth-order valence-electron chi connectivity index (χ4n) is 4.19. The van der Waals surface area contributed by atoms with Gasteiger partial charge in [-0.2, -0.15) is 0 Å². The number of likely N-dealkylation sites (tertiary alicyclic amines) is 1. The topological polar surface area (TPSA) is 50.5 Å². The molecular formula is C22H23F2NO3. The third-order valence-electron chi connectivity index (χ3n) is 5.91. The summed E-state index contributed by atoms with van der Waals surface area (Å²) < 4.78 is 32.2. The minimum Gasteiger partial charge on any atom is -0.427 e. The molecule has 0 radical (unpaired) electrons. The van der Waals surface area contributed by atoms with Crippen molar-refractivity contribution in [2.45, 2.75) is 44.9 Å². The number of hydrogen-bond donors (Lipinski definition) is 0. The summed E-state index contributed by atoms with van der Waals surface area (Å²) in [5, 5.41) is 0. The van der Waals surface area contributed by atoms with Crippen molar-refractivity contribution in [3.05, 3.63) is 68.8 Å². The molecule has 2 fully saturated rings. The molecule has 1 atom stereocenters. The minimum absolute atomic E-state index is 0.0977. The van der Waals surface area contributed by atoms with E-state index in [1.54, 1.807) is 11.8 Å². The first-order valence-electron chi connectivity index (χ1n) is 9.79. The predicted octanol–water partition coefficient (Wildman–Crippen LogP) is 4.20. The van der Waals surface area contributed by atoms with E-state index in [2.05, 4.69) is 0 Å². The molecule has 2 aliphatic rings. The molecule has 1 aliphatic carbocycles. The summed E-state index contributed by atoms with van der Waals surface area (Å²) in [6.45, 7) is 2.75. The number of carbonyl (C=O) groups is 1. The smallest absolute Gasteiger partial charge is 0.349 e. The molecule has 0 spiro atoms. The van der Waals surface area contributed by atoms with Gasteiger partial charge in [0, 0.05) is 25.1 Å². The standard InChI is InChI=1S/C22H23F2NO3/c1-13-7-19(16-3-2-4-16)28-22(27)20(13)21(26)25-6-5-14(12-25)8-15-9-17(23)11-18(24)10-15/h7,9-11,14,16H,2-6,8,12H2,1H3. The number of halogens is 2. The molecule has 6 heteroatoms. The molecular weight excluding hydrogens is 364 g/mol. The van der Waals surface area contributed by atoms with E-state index >= 15 is 0 Å². The maximum absolute atomic E-state index is 13.4. The molecule has 1 saturated carbocycles. The molecule has 28 heavy (non-hydrogen) atoms. The van der Waals surface area contributed by atoms with E-state index in [0.717, 1.165) is 31.7 Å². The zero-order valence-corrected chi connectivity index (χ0v) is 15.8. The van der Waals surface area contributed by atoms with Crippen LogP contribution in [0.2, 0.25) is 0 Å². The van der Waals surface area contributed by atoms with Crippen LogP contribution in [-0.2, 0) is 6.42 Å². The van der Waals surface area contributed by atoms with Crippen molar-refractivity contribution in [1.29, 1.82) is 0 Å². The number of benzene rings is 1. The van der Waals surface area contributed by atoms with Crippen molar-refractivity contribution in [2.24, 2.45) is 5.92 Å². The van der Waals surface area contributed by atoms with Crippen LogP contribution < -0.4 is 5.63 Å². The Morgan fingerprint density at radius 2 is 1.86 bits per heavy atom. The van der Waals surface area contributed by atoms with E-state index in [1.807, 2.05) is 6.07 Å². The van der Waals surface area contributed by atoms with Gasteiger partial charge in [0.1, 0.15) is 23.0 Å². The Balaban J connectivity index is 1.46. The highest BCUT2D eigenvalue weighted by atomic mass is 19.1. The number of carbonyl (C=O) groups excluding carboxylic acids is 1. The molecule has 1 unspecified atom stereocenters. The van der Waals surface area contributed by atoms with Crippen LogP contribution in [0.3, 0.4) is 0 Å². The van der Waals surface area contributed by atoms with Crippen molar-refractivity contribution < 1.29 is 18.0 Å². The third kappa shape index (κ3) is 3.73. The average molecular weight is 387 g/mol. The minimum atomic E-state index is -0.597. The first kappa shape index (κ1) is 18.8. The van der Waals surface area contributed by atoms with Gasteiger partial charge in [-0.15, -0.1) is 0 Å². The average Bonchev–Trinajstić information content (AvgIpc) is 3.00.